The van der Waals surface area contributed by atoms with Crippen LogP contribution in [0.1, 0.15) is 75.7 Å². The number of tetrazole rings is 1. The van der Waals surface area contributed by atoms with Crippen LogP contribution in [0.4, 0.5) is 0 Å². The van der Waals surface area contributed by atoms with Crippen molar-refractivity contribution < 1.29 is 10.2 Å². The van der Waals surface area contributed by atoms with Crippen molar-refractivity contribution in [1.82, 2.24) is 30.2 Å². The van der Waals surface area contributed by atoms with Crippen molar-refractivity contribution in [2.75, 3.05) is 0 Å². The van der Waals surface area contributed by atoms with E-state index in [1.807, 2.05) is 42.5 Å². The van der Waals surface area contributed by atoms with Crippen LogP contribution in [0.25, 0.3) is 11.4 Å². The van der Waals surface area contributed by atoms with Crippen LogP contribution >= 0.6 is 11.8 Å². The molecule has 0 aliphatic heterocycles. The minimum Gasteiger partial charge on any atom is -0.493 e. The highest BCUT2D eigenvalue weighted by Gasteiger charge is 2.21. The van der Waals surface area contributed by atoms with Crippen LogP contribution in [-0.4, -0.2) is 45.6 Å². The molecule has 0 spiro atoms. The van der Waals surface area contributed by atoms with Crippen LogP contribution in [0.3, 0.4) is 0 Å². The number of hydrogen-bond acceptors (Lipinski definition) is 7. The first-order valence-electron chi connectivity index (χ1n) is 12.9. The van der Waals surface area contributed by atoms with Gasteiger partial charge in [0.15, 0.2) is 0 Å². The Bertz CT molecular complexity index is 1190. The molecule has 2 heterocycles. The molecule has 3 aromatic rings. The fourth-order valence-electron chi connectivity index (χ4n) is 4.00. The second kappa shape index (κ2) is 15.2. The summed E-state index contributed by atoms with van der Waals surface area (Å²) in [7, 11) is 1.51. The molecule has 0 fully saturated rings. The van der Waals surface area contributed by atoms with Gasteiger partial charge in [-0.15, -0.1) is 22.0 Å². The molecule has 0 aliphatic rings. The molecule has 0 saturated carbocycles. The number of thioether (sulfide) groups is 1. The van der Waals surface area contributed by atoms with Crippen LogP contribution in [0, 0.1) is 0 Å². The molecule has 3 rings (SSSR count). The van der Waals surface area contributed by atoms with Crippen molar-refractivity contribution in [3.63, 3.8) is 0 Å². The van der Waals surface area contributed by atoms with Crippen LogP contribution in [0.2, 0.25) is 0 Å². The lowest BCUT2D eigenvalue weighted by Crippen LogP contribution is -2.13. The minimum absolute atomic E-state index is 0.0941. The standard InChI is InChI=1S/C27H38N6O3S/c1-3-4-5-6-7-8-9-10-11-12-13-17-23(37-19-22-26(35)33(2)27(36)28-22)24(34)20-15-14-16-21(18-20)25-29-31-32-30-25/h11-18,23-24,34-35H,3-10,19H2,1-2H3,(H,28,36)(H,29,30,31,32)/t23-,24-/m0/s1. The number of nitrogens with zero attached hydrogens (tertiary/aromatic N) is 4. The first-order chi connectivity index (χ1) is 18.0. The number of benzene rings is 1. The van der Waals surface area contributed by atoms with Gasteiger partial charge in [-0.1, -0.05) is 88.0 Å². The number of aromatic hydroxyl groups is 1. The van der Waals surface area contributed by atoms with Gasteiger partial charge in [-0.25, -0.2) is 4.79 Å². The van der Waals surface area contributed by atoms with Gasteiger partial charge in [-0.2, -0.15) is 5.21 Å². The number of allylic oxidation sites excluding steroid dienone is 3. The fraction of sp³-hybridized carbons (Fsp3) is 0.481. The molecular weight excluding hydrogens is 488 g/mol. The maximum absolute atomic E-state index is 11.8. The Balaban J connectivity index is 1.64. The number of hydrogen-bond donors (Lipinski definition) is 4. The van der Waals surface area contributed by atoms with Crippen LogP contribution < -0.4 is 5.69 Å². The highest BCUT2D eigenvalue weighted by atomic mass is 32.2. The van der Waals surface area contributed by atoms with Crippen molar-refractivity contribution >= 4 is 11.8 Å². The monoisotopic (exact) mass is 526 g/mol. The maximum atomic E-state index is 11.8. The van der Waals surface area contributed by atoms with E-state index in [2.05, 4.69) is 38.6 Å². The maximum Gasteiger partial charge on any atom is 0.328 e. The summed E-state index contributed by atoms with van der Waals surface area (Å²) in [4.78, 5) is 14.5. The van der Waals surface area contributed by atoms with Crippen molar-refractivity contribution in [2.24, 2.45) is 7.05 Å². The first kappa shape index (κ1) is 28.5. The van der Waals surface area contributed by atoms with Crippen molar-refractivity contribution in [3.05, 3.63) is 70.3 Å². The molecule has 4 N–H and O–H groups in total. The Morgan fingerprint density at radius 2 is 1.92 bits per heavy atom. The van der Waals surface area contributed by atoms with Crippen LogP contribution in [-0.2, 0) is 12.8 Å². The summed E-state index contributed by atoms with van der Waals surface area (Å²) in [6.07, 6.45) is 17.3. The summed E-state index contributed by atoms with van der Waals surface area (Å²) in [6, 6.07) is 7.40. The third-order valence-corrected chi connectivity index (χ3v) is 7.49. The molecule has 0 radical (unpaired) electrons. The number of aliphatic hydroxyl groups excluding tert-OH is 1. The largest absolute Gasteiger partial charge is 0.493 e. The zero-order valence-corrected chi connectivity index (χ0v) is 22.5. The van der Waals surface area contributed by atoms with Crippen LogP contribution in [0.15, 0.2) is 53.4 Å². The van der Waals surface area contributed by atoms with E-state index in [4.69, 9.17) is 0 Å². The zero-order chi connectivity index (χ0) is 26.5. The van der Waals surface area contributed by atoms with E-state index in [0.29, 0.717) is 22.8 Å². The van der Waals surface area contributed by atoms with E-state index >= 15 is 0 Å². The number of H-pyrrole nitrogens is 2. The van der Waals surface area contributed by atoms with E-state index < -0.39 is 6.10 Å². The molecule has 1 aromatic carbocycles. The molecule has 0 aliphatic carbocycles. The number of rotatable bonds is 16. The van der Waals surface area contributed by atoms with Crippen molar-refractivity contribution in [1.29, 1.82) is 0 Å². The predicted octanol–water partition coefficient (Wildman–Crippen LogP) is 5.19. The molecule has 2 atom stereocenters. The Kier molecular flexibility index (Phi) is 11.7. The number of aromatic nitrogens is 6. The minimum atomic E-state index is -0.831. The van der Waals surface area contributed by atoms with E-state index in [-0.39, 0.29) is 16.8 Å². The van der Waals surface area contributed by atoms with Gasteiger partial charge < -0.3 is 15.2 Å². The molecule has 0 bridgehead atoms. The molecule has 200 valence electrons. The van der Waals surface area contributed by atoms with E-state index in [1.165, 1.54) is 63.8 Å². The van der Waals surface area contributed by atoms with Gasteiger partial charge >= 0.3 is 5.69 Å². The Morgan fingerprint density at radius 3 is 2.62 bits per heavy atom. The topological polar surface area (TPSA) is 133 Å². The third-order valence-electron chi connectivity index (χ3n) is 6.24. The predicted molar refractivity (Wildman–Crippen MR) is 148 cm³/mol. The van der Waals surface area contributed by atoms with Gasteiger partial charge in [0.05, 0.1) is 17.0 Å². The zero-order valence-electron chi connectivity index (χ0n) is 21.6. The molecule has 0 amide bonds. The lowest BCUT2D eigenvalue weighted by Gasteiger charge is -2.20. The lowest BCUT2D eigenvalue weighted by molar-refractivity contribution is 0.186. The number of imidazole rings is 1. The number of aromatic amines is 2. The van der Waals surface area contributed by atoms with Gasteiger partial charge in [0.2, 0.25) is 11.7 Å². The second-order valence-corrected chi connectivity index (χ2v) is 10.3. The van der Waals surface area contributed by atoms with E-state index in [1.54, 1.807) is 0 Å². The van der Waals surface area contributed by atoms with E-state index in [9.17, 15) is 15.0 Å². The summed E-state index contributed by atoms with van der Waals surface area (Å²) in [5.41, 5.74) is 1.51. The summed E-state index contributed by atoms with van der Waals surface area (Å²) in [6.45, 7) is 2.24. The summed E-state index contributed by atoms with van der Waals surface area (Å²) < 4.78 is 1.16. The quantitative estimate of drug-likeness (QED) is 0.149. The Labute approximate surface area is 222 Å². The van der Waals surface area contributed by atoms with Gasteiger partial charge in [0, 0.05) is 18.4 Å². The number of unbranched alkanes of at least 4 members (excludes halogenated alkanes) is 7. The van der Waals surface area contributed by atoms with Gasteiger partial charge in [-0.3, -0.25) is 4.57 Å². The average Bonchev–Trinajstić information content (AvgIpc) is 3.54. The molecule has 2 aromatic heterocycles. The fourth-order valence-corrected chi connectivity index (χ4v) is 5.10. The molecule has 9 nitrogen and oxygen atoms in total. The molecule has 10 heteroatoms. The van der Waals surface area contributed by atoms with E-state index in [0.717, 1.165) is 16.6 Å². The highest BCUT2D eigenvalue weighted by Crippen LogP contribution is 2.32. The van der Waals surface area contributed by atoms with Crippen molar-refractivity contribution in [2.45, 2.75) is 75.4 Å². The summed E-state index contributed by atoms with van der Waals surface area (Å²) in [5.74, 6) is 0.692. The molecule has 0 unspecified atom stereocenters. The van der Waals surface area contributed by atoms with Crippen molar-refractivity contribution in [3.8, 4) is 17.3 Å². The van der Waals surface area contributed by atoms with Gasteiger partial charge in [0.25, 0.3) is 0 Å². The number of nitrogens with one attached hydrogen (secondary N) is 2. The Morgan fingerprint density at radius 1 is 1.14 bits per heavy atom. The normalized spacial score (nSPS) is 13.6. The second-order valence-electron chi connectivity index (χ2n) is 9.10. The van der Waals surface area contributed by atoms with Crippen LogP contribution in [0.5, 0.6) is 5.88 Å². The average molecular weight is 527 g/mol. The molecule has 37 heavy (non-hydrogen) atoms. The summed E-state index contributed by atoms with van der Waals surface area (Å²) in [5, 5.41) is 35.2. The van der Waals surface area contributed by atoms with Gasteiger partial charge in [-0.05, 0) is 29.7 Å². The first-order valence-corrected chi connectivity index (χ1v) is 14.0. The molecule has 0 saturated heterocycles. The Hall–Kier alpha value is -3.11. The smallest absolute Gasteiger partial charge is 0.328 e. The molecular formula is C27H38N6O3S. The number of aliphatic hydroxyl groups is 1. The highest BCUT2D eigenvalue weighted by molar-refractivity contribution is 7.99. The third kappa shape index (κ3) is 8.75. The SMILES string of the molecule is CCCCCCCCCC=CC=C[C@H](SCc1[nH]c(=O)n(C)c1O)[C@@H](O)c1cccc(-c2nn[nH]n2)c1. The lowest BCUT2D eigenvalue weighted by atomic mass is 10.0. The summed E-state index contributed by atoms with van der Waals surface area (Å²) >= 11 is 1.43. The van der Waals surface area contributed by atoms with Gasteiger partial charge in [0.1, 0.15) is 0 Å².